The van der Waals surface area contributed by atoms with E-state index in [9.17, 15) is 0 Å². The zero-order valence-electron chi connectivity index (χ0n) is 4.31. The molecule has 0 saturated heterocycles. The van der Waals surface area contributed by atoms with E-state index in [1.54, 1.807) is 0 Å². The quantitative estimate of drug-likeness (QED) is 0.373. The summed E-state index contributed by atoms with van der Waals surface area (Å²) in [6.45, 7) is 4.81. The average Bonchev–Trinajstić information content (AvgIpc) is 1.68. The van der Waals surface area contributed by atoms with Gasteiger partial charge in [0.25, 0.3) is 0 Å². The first-order valence-corrected chi connectivity index (χ1v) is 1.96. The highest BCUT2D eigenvalue weighted by Crippen LogP contribution is 1.98. The van der Waals surface area contributed by atoms with Crippen molar-refractivity contribution in [3.8, 4) is 12.3 Å². The topological polar surface area (TPSA) is 20.2 Å². The van der Waals surface area contributed by atoms with Gasteiger partial charge in [0.2, 0.25) is 0 Å². The van der Waals surface area contributed by atoms with Crippen molar-refractivity contribution in [2.75, 3.05) is 0 Å². The van der Waals surface area contributed by atoms with Crippen LogP contribution in [0.4, 0.5) is 0 Å². The second kappa shape index (κ2) is 1.81. The molecule has 0 saturated carbocycles. The molecule has 38 valence electrons. The molecule has 0 fully saturated rings. The first-order chi connectivity index (χ1) is 3.12. The van der Waals surface area contributed by atoms with E-state index in [0.29, 0.717) is 0 Å². The van der Waals surface area contributed by atoms with Gasteiger partial charge >= 0.3 is 0 Å². The predicted molar refractivity (Wildman–Crippen MR) is 29.7 cm³/mol. The van der Waals surface area contributed by atoms with Crippen LogP contribution in [0.5, 0.6) is 0 Å². The summed E-state index contributed by atoms with van der Waals surface area (Å²) in [5, 5.41) is 8.78. The van der Waals surface area contributed by atoms with Gasteiger partial charge in [0.05, 0.1) is 0 Å². The largest absolute Gasteiger partial charge is 0.374 e. The Morgan fingerprint density at radius 2 is 2.43 bits per heavy atom. The summed E-state index contributed by atoms with van der Waals surface area (Å²) in [5.41, 5.74) is -1.12. The molecular weight excluding hydrogens is 88.1 g/mol. The Bertz CT molecular complexity index is 106. The SMILES string of the molecule is C#C[C@](C)(O)C=C. The first-order valence-electron chi connectivity index (χ1n) is 1.96. The highest BCUT2D eigenvalue weighted by atomic mass is 16.3. The third-order valence-corrected chi connectivity index (χ3v) is 0.690. The van der Waals surface area contributed by atoms with Gasteiger partial charge in [0, 0.05) is 0 Å². The van der Waals surface area contributed by atoms with Crippen molar-refractivity contribution in [1.82, 2.24) is 0 Å². The number of terminal acetylenes is 1. The van der Waals surface area contributed by atoms with Crippen molar-refractivity contribution < 1.29 is 5.11 Å². The van der Waals surface area contributed by atoms with Crippen LogP contribution < -0.4 is 0 Å². The van der Waals surface area contributed by atoms with E-state index in [1.807, 2.05) is 0 Å². The van der Waals surface area contributed by atoms with Gasteiger partial charge in [-0.15, -0.1) is 6.42 Å². The lowest BCUT2D eigenvalue weighted by Crippen LogP contribution is -2.15. The molecular formula is C6H8O. The van der Waals surface area contributed by atoms with Crippen LogP contribution in [0.1, 0.15) is 6.92 Å². The summed E-state index contributed by atoms with van der Waals surface area (Å²) in [6, 6.07) is 0. The van der Waals surface area contributed by atoms with Crippen molar-refractivity contribution in [3.63, 3.8) is 0 Å². The monoisotopic (exact) mass is 96.1 g/mol. The number of aliphatic hydroxyl groups is 1. The zero-order valence-corrected chi connectivity index (χ0v) is 4.31. The number of rotatable bonds is 1. The second-order valence-corrected chi connectivity index (χ2v) is 1.50. The Morgan fingerprint density at radius 1 is 2.00 bits per heavy atom. The molecule has 1 nitrogen and oxygen atoms in total. The van der Waals surface area contributed by atoms with Crippen LogP contribution in [0.3, 0.4) is 0 Å². The van der Waals surface area contributed by atoms with Crippen LogP contribution in [-0.4, -0.2) is 10.7 Å². The molecule has 1 heteroatoms. The van der Waals surface area contributed by atoms with Crippen LogP contribution in [0.25, 0.3) is 0 Å². The van der Waals surface area contributed by atoms with Crippen molar-refractivity contribution in [3.05, 3.63) is 12.7 Å². The van der Waals surface area contributed by atoms with Gasteiger partial charge in [-0.25, -0.2) is 0 Å². The van der Waals surface area contributed by atoms with E-state index in [2.05, 4.69) is 12.5 Å². The minimum absolute atomic E-state index is 1.12. The van der Waals surface area contributed by atoms with Crippen LogP contribution >= 0.6 is 0 Å². The Balaban J connectivity index is 3.91. The average molecular weight is 96.1 g/mol. The van der Waals surface area contributed by atoms with Gasteiger partial charge in [0.15, 0.2) is 0 Å². The van der Waals surface area contributed by atoms with Crippen LogP contribution in [-0.2, 0) is 0 Å². The van der Waals surface area contributed by atoms with Gasteiger partial charge in [-0.05, 0) is 13.0 Å². The molecule has 0 unspecified atom stereocenters. The maximum atomic E-state index is 8.78. The summed E-state index contributed by atoms with van der Waals surface area (Å²) >= 11 is 0. The van der Waals surface area contributed by atoms with E-state index in [-0.39, 0.29) is 0 Å². The molecule has 0 aliphatic rings. The fourth-order valence-electron chi connectivity index (χ4n) is 0.0589. The van der Waals surface area contributed by atoms with Crippen molar-refractivity contribution in [2.45, 2.75) is 12.5 Å². The summed E-state index contributed by atoms with van der Waals surface area (Å²) in [5.74, 6) is 2.13. The molecule has 1 atom stereocenters. The summed E-state index contributed by atoms with van der Waals surface area (Å²) < 4.78 is 0. The molecule has 0 aromatic rings. The molecule has 0 aromatic carbocycles. The summed E-state index contributed by atoms with van der Waals surface area (Å²) in [7, 11) is 0. The molecule has 0 heterocycles. The number of hydrogen-bond donors (Lipinski definition) is 1. The van der Waals surface area contributed by atoms with Crippen molar-refractivity contribution in [2.24, 2.45) is 0 Å². The molecule has 0 amide bonds. The molecule has 0 radical (unpaired) electrons. The van der Waals surface area contributed by atoms with Gasteiger partial charge in [0.1, 0.15) is 5.60 Å². The summed E-state index contributed by atoms with van der Waals surface area (Å²) in [6.07, 6.45) is 6.16. The second-order valence-electron chi connectivity index (χ2n) is 1.50. The Labute approximate surface area is 43.7 Å². The summed E-state index contributed by atoms with van der Waals surface area (Å²) in [4.78, 5) is 0. The molecule has 0 aliphatic carbocycles. The third-order valence-electron chi connectivity index (χ3n) is 0.690. The Hall–Kier alpha value is -0.740. The van der Waals surface area contributed by atoms with E-state index >= 15 is 0 Å². The van der Waals surface area contributed by atoms with E-state index in [0.717, 1.165) is 0 Å². The Morgan fingerprint density at radius 3 is 2.43 bits per heavy atom. The maximum Gasteiger partial charge on any atom is 0.140 e. The van der Waals surface area contributed by atoms with Gasteiger partial charge in [-0.2, -0.15) is 0 Å². The number of hydrogen-bond acceptors (Lipinski definition) is 1. The maximum absolute atomic E-state index is 8.78. The van der Waals surface area contributed by atoms with Crippen LogP contribution in [0, 0.1) is 12.3 Å². The van der Waals surface area contributed by atoms with Gasteiger partial charge in [-0.1, -0.05) is 12.5 Å². The molecule has 0 spiro atoms. The molecule has 0 aliphatic heterocycles. The highest BCUT2D eigenvalue weighted by Gasteiger charge is 2.07. The van der Waals surface area contributed by atoms with Crippen molar-refractivity contribution in [1.29, 1.82) is 0 Å². The van der Waals surface area contributed by atoms with E-state index in [4.69, 9.17) is 11.5 Å². The molecule has 0 aromatic heterocycles. The molecule has 7 heavy (non-hydrogen) atoms. The van der Waals surface area contributed by atoms with Crippen LogP contribution in [0.2, 0.25) is 0 Å². The molecule has 0 rings (SSSR count). The molecule has 0 bridgehead atoms. The minimum atomic E-state index is -1.12. The van der Waals surface area contributed by atoms with Gasteiger partial charge in [-0.3, -0.25) is 0 Å². The van der Waals surface area contributed by atoms with E-state index < -0.39 is 5.60 Å². The lowest BCUT2D eigenvalue weighted by Gasteiger charge is -2.06. The lowest BCUT2D eigenvalue weighted by atomic mass is 10.1. The fourth-order valence-corrected chi connectivity index (χ4v) is 0.0589. The fraction of sp³-hybridized carbons (Fsp3) is 0.333. The minimum Gasteiger partial charge on any atom is -0.374 e. The third kappa shape index (κ3) is 2.02. The standard InChI is InChI=1S/C6H8O/c1-4-6(3,7)5-2/h1,5,7H,2H2,3H3/t6-/m0/s1. The van der Waals surface area contributed by atoms with Gasteiger partial charge < -0.3 is 5.11 Å². The lowest BCUT2D eigenvalue weighted by molar-refractivity contribution is 0.175. The predicted octanol–water partition coefficient (Wildman–Crippen LogP) is 0.557. The van der Waals surface area contributed by atoms with Crippen molar-refractivity contribution >= 4 is 0 Å². The molecule has 1 N–H and O–H groups in total. The highest BCUT2D eigenvalue weighted by molar-refractivity contribution is 5.13. The smallest absolute Gasteiger partial charge is 0.140 e. The Kier molecular flexibility index (Phi) is 1.62. The zero-order chi connectivity index (χ0) is 5.91. The van der Waals surface area contributed by atoms with E-state index in [1.165, 1.54) is 13.0 Å². The van der Waals surface area contributed by atoms with Crippen LogP contribution in [0.15, 0.2) is 12.7 Å². The normalized spacial score (nSPS) is 16.7. The first kappa shape index (κ1) is 6.26.